The second-order valence-electron chi connectivity index (χ2n) is 5.24. The highest BCUT2D eigenvalue weighted by molar-refractivity contribution is 6.54. The number of unbranched alkanes of at least 4 members (excludes halogenated alkanes) is 2. The van der Waals surface area contributed by atoms with E-state index < -0.39 is 0 Å². The molecule has 0 N–H and O–H groups in total. The van der Waals surface area contributed by atoms with E-state index in [2.05, 4.69) is 41.5 Å². The highest BCUT2D eigenvalue weighted by Gasteiger charge is 2.11. The lowest BCUT2D eigenvalue weighted by Gasteiger charge is -2.18. The van der Waals surface area contributed by atoms with Gasteiger partial charge in [-0.2, -0.15) is 0 Å². The Balaban J connectivity index is 2.92. The Morgan fingerprint density at radius 3 is 1.65 bits per heavy atom. The monoisotopic (exact) mass is 247 g/mol. The SMILES string of the molecule is CCCCC[SiH]c1c(C)c(C)c(C)c(C)c1C. The molecule has 0 aromatic heterocycles. The second-order valence-corrected chi connectivity index (χ2v) is 6.80. The van der Waals surface area contributed by atoms with Crippen molar-refractivity contribution in [2.24, 2.45) is 0 Å². The van der Waals surface area contributed by atoms with E-state index in [1.807, 2.05) is 0 Å². The van der Waals surface area contributed by atoms with E-state index in [1.54, 1.807) is 16.3 Å². The lowest BCUT2D eigenvalue weighted by Crippen LogP contribution is -2.24. The molecule has 1 radical (unpaired) electrons. The molecule has 0 aliphatic rings. The van der Waals surface area contributed by atoms with Gasteiger partial charge in [-0.05, 0) is 62.4 Å². The van der Waals surface area contributed by atoms with Crippen LogP contribution in [0.3, 0.4) is 0 Å². The molecule has 95 valence electrons. The van der Waals surface area contributed by atoms with Gasteiger partial charge in [0.05, 0.1) is 9.52 Å². The van der Waals surface area contributed by atoms with Crippen LogP contribution in [-0.2, 0) is 0 Å². The molecule has 0 saturated heterocycles. The van der Waals surface area contributed by atoms with E-state index in [4.69, 9.17) is 0 Å². The molecule has 1 rings (SSSR count). The number of hydrogen-bond acceptors (Lipinski definition) is 0. The summed E-state index contributed by atoms with van der Waals surface area (Å²) in [6, 6.07) is 1.43. The lowest BCUT2D eigenvalue weighted by molar-refractivity contribution is 0.769. The minimum atomic E-state index is 0.476. The standard InChI is InChI=1S/C16H27Si/c1-7-8-9-10-17-16-14(5)12(3)11(2)13(4)15(16)6/h17H,7-10H2,1-6H3. The van der Waals surface area contributed by atoms with Gasteiger partial charge in [-0.15, -0.1) is 0 Å². The van der Waals surface area contributed by atoms with Crippen LogP contribution in [0, 0.1) is 34.6 Å². The summed E-state index contributed by atoms with van der Waals surface area (Å²) in [5, 5.41) is 1.70. The molecule has 1 aromatic carbocycles. The van der Waals surface area contributed by atoms with E-state index in [1.165, 1.54) is 42.0 Å². The average molecular weight is 247 g/mol. The molecule has 17 heavy (non-hydrogen) atoms. The summed E-state index contributed by atoms with van der Waals surface area (Å²) in [5.74, 6) is 0. The van der Waals surface area contributed by atoms with Gasteiger partial charge in [0.25, 0.3) is 0 Å². The second kappa shape index (κ2) is 6.39. The van der Waals surface area contributed by atoms with Gasteiger partial charge < -0.3 is 0 Å². The zero-order chi connectivity index (χ0) is 13.0. The zero-order valence-corrected chi connectivity index (χ0v) is 13.6. The Hall–Kier alpha value is -0.563. The van der Waals surface area contributed by atoms with Crippen molar-refractivity contribution in [1.29, 1.82) is 0 Å². The topological polar surface area (TPSA) is 0 Å². The fraction of sp³-hybridized carbons (Fsp3) is 0.625. The van der Waals surface area contributed by atoms with Crippen LogP contribution in [-0.4, -0.2) is 9.52 Å². The summed E-state index contributed by atoms with van der Waals surface area (Å²) >= 11 is 0. The Morgan fingerprint density at radius 1 is 0.706 bits per heavy atom. The fourth-order valence-corrected chi connectivity index (χ4v) is 4.30. The van der Waals surface area contributed by atoms with Crippen LogP contribution < -0.4 is 5.19 Å². The number of rotatable bonds is 5. The van der Waals surface area contributed by atoms with Crippen LogP contribution in [0.1, 0.15) is 54.0 Å². The minimum absolute atomic E-state index is 0.476. The number of hydrogen-bond donors (Lipinski definition) is 0. The van der Waals surface area contributed by atoms with Crippen LogP contribution in [0.4, 0.5) is 0 Å². The Bertz CT molecular complexity index is 362. The summed E-state index contributed by atoms with van der Waals surface area (Å²) in [5.41, 5.74) is 7.67. The molecule has 0 bridgehead atoms. The van der Waals surface area contributed by atoms with E-state index in [0.29, 0.717) is 9.52 Å². The Labute approximate surface area is 110 Å². The molecular weight excluding hydrogens is 220 g/mol. The molecular formula is C16H27Si. The predicted molar refractivity (Wildman–Crippen MR) is 81.2 cm³/mol. The third-order valence-electron chi connectivity index (χ3n) is 4.21. The third kappa shape index (κ3) is 3.22. The number of benzene rings is 1. The molecule has 0 saturated carbocycles. The molecule has 0 unspecified atom stereocenters. The van der Waals surface area contributed by atoms with Gasteiger partial charge in [0, 0.05) is 0 Å². The summed E-state index contributed by atoms with van der Waals surface area (Å²) in [4.78, 5) is 0. The highest BCUT2D eigenvalue weighted by atomic mass is 28.2. The summed E-state index contributed by atoms with van der Waals surface area (Å²) in [6.45, 7) is 13.7. The van der Waals surface area contributed by atoms with Crippen LogP contribution in [0.15, 0.2) is 0 Å². The molecule has 0 spiro atoms. The predicted octanol–water partition coefficient (Wildman–Crippen LogP) is 3.90. The van der Waals surface area contributed by atoms with E-state index in [9.17, 15) is 0 Å². The van der Waals surface area contributed by atoms with Crippen molar-refractivity contribution in [2.75, 3.05) is 0 Å². The molecule has 0 aliphatic heterocycles. The summed E-state index contributed by atoms with van der Waals surface area (Å²) < 4.78 is 0. The average Bonchev–Trinajstić information content (AvgIpc) is 2.33. The zero-order valence-electron chi connectivity index (χ0n) is 12.4. The first-order chi connectivity index (χ1) is 8.00. The summed E-state index contributed by atoms with van der Waals surface area (Å²) in [7, 11) is 0.476. The molecule has 0 amide bonds. The first kappa shape index (κ1) is 14.5. The highest BCUT2D eigenvalue weighted by Crippen LogP contribution is 2.19. The molecule has 0 fully saturated rings. The summed E-state index contributed by atoms with van der Waals surface area (Å²) in [6.07, 6.45) is 4.15. The quantitative estimate of drug-likeness (QED) is 0.547. The van der Waals surface area contributed by atoms with E-state index in [0.717, 1.165) is 0 Å². The molecule has 0 heterocycles. The van der Waals surface area contributed by atoms with Crippen LogP contribution in [0.25, 0.3) is 0 Å². The Morgan fingerprint density at radius 2 is 1.18 bits per heavy atom. The van der Waals surface area contributed by atoms with Gasteiger partial charge >= 0.3 is 0 Å². The van der Waals surface area contributed by atoms with Crippen molar-refractivity contribution in [3.05, 3.63) is 27.8 Å². The van der Waals surface area contributed by atoms with Gasteiger partial charge in [0.15, 0.2) is 0 Å². The molecule has 1 heteroatoms. The molecule has 0 aliphatic carbocycles. The van der Waals surface area contributed by atoms with Crippen LogP contribution in [0.5, 0.6) is 0 Å². The van der Waals surface area contributed by atoms with Gasteiger partial charge in [0.2, 0.25) is 0 Å². The van der Waals surface area contributed by atoms with Gasteiger partial charge in [-0.1, -0.05) is 37.4 Å². The fourth-order valence-electron chi connectivity index (χ4n) is 2.48. The maximum atomic E-state index is 2.32. The van der Waals surface area contributed by atoms with E-state index >= 15 is 0 Å². The van der Waals surface area contributed by atoms with Gasteiger partial charge in [-0.3, -0.25) is 0 Å². The maximum Gasteiger partial charge on any atom is 0.0675 e. The molecule has 0 nitrogen and oxygen atoms in total. The largest absolute Gasteiger partial charge is 0.0675 e. The molecule has 0 atom stereocenters. The van der Waals surface area contributed by atoms with Gasteiger partial charge in [-0.25, -0.2) is 0 Å². The van der Waals surface area contributed by atoms with Crippen molar-refractivity contribution in [2.45, 2.75) is 66.8 Å². The normalized spacial score (nSPS) is 10.9. The van der Waals surface area contributed by atoms with Crippen LogP contribution in [0.2, 0.25) is 6.04 Å². The third-order valence-corrected chi connectivity index (χ3v) is 6.19. The van der Waals surface area contributed by atoms with Crippen molar-refractivity contribution < 1.29 is 0 Å². The van der Waals surface area contributed by atoms with E-state index in [-0.39, 0.29) is 0 Å². The first-order valence-electron chi connectivity index (χ1n) is 6.90. The lowest BCUT2D eigenvalue weighted by atomic mass is 9.95. The minimum Gasteiger partial charge on any atom is -0.0654 e. The van der Waals surface area contributed by atoms with Gasteiger partial charge in [0.1, 0.15) is 0 Å². The van der Waals surface area contributed by atoms with Crippen molar-refractivity contribution in [3.8, 4) is 0 Å². The first-order valence-corrected chi connectivity index (χ1v) is 8.30. The maximum absolute atomic E-state index is 2.32. The smallest absolute Gasteiger partial charge is 0.0654 e. The van der Waals surface area contributed by atoms with Crippen LogP contribution >= 0.6 is 0 Å². The van der Waals surface area contributed by atoms with Crippen molar-refractivity contribution in [1.82, 2.24) is 0 Å². The van der Waals surface area contributed by atoms with Crippen molar-refractivity contribution >= 4 is 14.7 Å². The molecule has 1 aromatic rings. The van der Waals surface area contributed by atoms with Crippen molar-refractivity contribution in [3.63, 3.8) is 0 Å². The Kier molecular flexibility index (Phi) is 5.45.